The fraction of sp³-hybridized carbons (Fsp3) is 0.143. The van der Waals surface area contributed by atoms with Crippen LogP contribution in [0.2, 0.25) is 0 Å². The van der Waals surface area contributed by atoms with E-state index in [-0.39, 0.29) is 30.5 Å². The summed E-state index contributed by atoms with van der Waals surface area (Å²) in [6, 6.07) is 0.718. The Morgan fingerprint density at radius 1 is 1.63 bits per heavy atom. The van der Waals surface area contributed by atoms with Crippen molar-refractivity contribution in [2.24, 2.45) is 10.7 Å². The molecule has 0 aromatic heterocycles. The zero-order chi connectivity index (χ0) is 12.1. The second kappa shape index (κ2) is 8.40. The molecule has 0 saturated heterocycles. The van der Waals surface area contributed by atoms with Crippen molar-refractivity contribution in [3.05, 3.63) is 73.1 Å². The summed E-state index contributed by atoms with van der Waals surface area (Å²) in [4.78, 5) is 4.10. The van der Waals surface area contributed by atoms with Crippen LogP contribution in [0.3, 0.4) is 0 Å². The molecule has 0 aromatic carbocycles. The van der Waals surface area contributed by atoms with Crippen LogP contribution in [-0.2, 0) is 21.8 Å². The molecule has 0 unspecified atom stereocenters. The van der Waals surface area contributed by atoms with Gasteiger partial charge in [0, 0.05) is 17.7 Å². The number of guanidine groups is 1. The van der Waals surface area contributed by atoms with Gasteiger partial charge in [0.15, 0.2) is 0 Å². The summed E-state index contributed by atoms with van der Waals surface area (Å²) < 4.78 is 5.29. The summed E-state index contributed by atoms with van der Waals surface area (Å²) in [7, 11) is 0. The smallest absolute Gasteiger partial charge is 0.534 e. The van der Waals surface area contributed by atoms with Crippen LogP contribution in [0.5, 0.6) is 0 Å². The molecule has 0 fully saturated rings. The van der Waals surface area contributed by atoms with Crippen molar-refractivity contribution in [2.45, 2.75) is 6.92 Å². The van der Waals surface area contributed by atoms with E-state index in [1.807, 2.05) is 37.6 Å². The van der Waals surface area contributed by atoms with Gasteiger partial charge in [0.25, 0.3) is 0 Å². The van der Waals surface area contributed by atoms with Gasteiger partial charge in [-0.15, -0.1) is 6.08 Å². The number of rotatable bonds is 4. The third-order valence-electron chi connectivity index (χ3n) is 2.09. The molecule has 0 atom stereocenters. The molecule has 1 aliphatic carbocycles. The SMILES string of the molecule is CCOC1=C[C-](/C=C/C2=[C-][CH+]C=C2)N=C(N)[N-]1.[CH3-].[Fe+3]. The minimum absolute atomic E-state index is 0. The standard InChI is InChI=1S/C13H13N3O.CH3.Fe/c1-2-17-12-9-11(15-13(14)16-12)8-7-10-5-3-4-6-10;;/h3-5,7-9H,2H2,1H3,(H2-,14,15,16);1H3;/q-2;-1;+3/b8-7+;;. The second-order valence-electron chi connectivity index (χ2n) is 3.38. The molecule has 0 amide bonds. The Morgan fingerprint density at radius 3 is 3.05 bits per heavy atom. The zero-order valence-corrected chi connectivity index (χ0v) is 12.0. The summed E-state index contributed by atoms with van der Waals surface area (Å²) in [5.74, 6) is 0.702. The number of aliphatic imine (C=N–C) groups is 1. The molecule has 1 radical (unpaired) electrons. The van der Waals surface area contributed by atoms with Gasteiger partial charge in [0.05, 0.1) is 12.5 Å². The molecule has 0 aromatic rings. The molecule has 0 saturated carbocycles. The molecule has 2 rings (SSSR count). The van der Waals surface area contributed by atoms with E-state index in [1.54, 1.807) is 6.08 Å². The fourth-order valence-electron chi connectivity index (χ4n) is 1.39. The number of hydrogen-bond donors (Lipinski definition) is 1. The first kappa shape index (κ1) is 17.3. The van der Waals surface area contributed by atoms with Crippen LogP contribution in [0, 0.1) is 26.0 Å². The molecular weight excluding hydrogens is 282 g/mol. The van der Waals surface area contributed by atoms with Gasteiger partial charge in [0.2, 0.25) is 0 Å². The van der Waals surface area contributed by atoms with Crippen LogP contribution < -0.4 is 5.73 Å². The van der Waals surface area contributed by atoms with Gasteiger partial charge in [-0.05, 0) is 19.4 Å². The first-order valence-electron chi connectivity index (χ1n) is 5.37. The van der Waals surface area contributed by atoms with E-state index in [4.69, 9.17) is 10.5 Å². The fourth-order valence-corrected chi connectivity index (χ4v) is 1.39. The quantitative estimate of drug-likeness (QED) is 0.640. The molecule has 101 valence electrons. The molecule has 1 aliphatic heterocycles. The predicted molar refractivity (Wildman–Crippen MR) is 73.7 cm³/mol. The van der Waals surface area contributed by atoms with Crippen LogP contribution >= 0.6 is 0 Å². The van der Waals surface area contributed by atoms with Crippen molar-refractivity contribution in [2.75, 3.05) is 6.61 Å². The van der Waals surface area contributed by atoms with Crippen LogP contribution in [0.15, 0.2) is 46.8 Å². The molecule has 0 spiro atoms. The van der Waals surface area contributed by atoms with E-state index in [2.05, 4.69) is 16.4 Å². The third-order valence-corrected chi connectivity index (χ3v) is 2.09. The van der Waals surface area contributed by atoms with Gasteiger partial charge in [-0.2, -0.15) is 0 Å². The molecule has 0 bridgehead atoms. The van der Waals surface area contributed by atoms with Gasteiger partial charge < -0.3 is 28.2 Å². The maximum atomic E-state index is 5.59. The molecule has 4 nitrogen and oxygen atoms in total. The zero-order valence-electron chi connectivity index (χ0n) is 10.9. The number of nitrogens with zero attached hydrogens (tertiary/aromatic N) is 2. The summed E-state index contributed by atoms with van der Waals surface area (Å²) in [5.41, 5.74) is 6.59. The average Bonchev–Trinajstić information content (AvgIpc) is 2.79. The minimum atomic E-state index is 0. The number of nitrogens with two attached hydrogens (primary N) is 1. The van der Waals surface area contributed by atoms with Crippen molar-refractivity contribution in [1.29, 1.82) is 0 Å². The van der Waals surface area contributed by atoms with Gasteiger partial charge >= 0.3 is 17.1 Å². The van der Waals surface area contributed by atoms with Crippen molar-refractivity contribution >= 4 is 5.96 Å². The third kappa shape index (κ3) is 5.20. The van der Waals surface area contributed by atoms with E-state index in [0.29, 0.717) is 12.5 Å². The number of allylic oxidation sites excluding steroid dienone is 5. The average molecular weight is 298 g/mol. The van der Waals surface area contributed by atoms with Gasteiger partial charge in [-0.3, -0.25) is 0 Å². The molecule has 2 aliphatic rings. The maximum absolute atomic E-state index is 5.59. The van der Waals surface area contributed by atoms with Crippen molar-refractivity contribution in [3.8, 4) is 0 Å². The number of ether oxygens (including phenoxy) is 1. The number of hydrogen-bond acceptors (Lipinski definition) is 3. The first-order valence-corrected chi connectivity index (χ1v) is 5.37. The molecular formula is C14H16FeN3O. The Labute approximate surface area is 125 Å². The molecule has 19 heavy (non-hydrogen) atoms. The Hall–Kier alpha value is -1.71. The summed E-state index contributed by atoms with van der Waals surface area (Å²) in [5, 5.41) is 3.97. The van der Waals surface area contributed by atoms with Crippen LogP contribution in [0.1, 0.15) is 6.92 Å². The monoisotopic (exact) mass is 298 g/mol. The molecule has 2 N–H and O–H groups in total. The van der Waals surface area contributed by atoms with E-state index in [1.165, 1.54) is 0 Å². The van der Waals surface area contributed by atoms with Crippen LogP contribution in [0.25, 0.3) is 5.32 Å². The van der Waals surface area contributed by atoms with Gasteiger partial charge in [0.1, 0.15) is 0 Å². The summed E-state index contributed by atoms with van der Waals surface area (Å²) >= 11 is 0. The summed E-state index contributed by atoms with van der Waals surface area (Å²) in [6.07, 6.45) is 14.3. The predicted octanol–water partition coefficient (Wildman–Crippen LogP) is 2.61. The van der Waals surface area contributed by atoms with Gasteiger partial charge in [-0.25, -0.2) is 0 Å². The topological polar surface area (TPSA) is 61.7 Å². The maximum Gasteiger partial charge on any atom is 3.00 e. The largest absolute Gasteiger partial charge is 3.00 e. The second-order valence-corrected chi connectivity index (χ2v) is 3.38. The van der Waals surface area contributed by atoms with Gasteiger partial charge in [-0.1, -0.05) is 24.2 Å². The Balaban J connectivity index is 0.00000162. The van der Waals surface area contributed by atoms with E-state index >= 15 is 0 Å². The van der Waals surface area contributed by atoms with Crippen LogP contribution in [-0.4, -0.2) is 12.6 Å². The van der Waals surface area contributed by atoms with Crippen LogP contribution in [0.4, 0.5) is 0 Å². The van der Waals surface area contributed by atoms with E-state index in [9.17, 15) is 0 Å². The Bertz CT molecular complexity index is 436. The van der Waals surface area contributed by atoms with Crippen molar-refractivity contribution in [3.63, 3.8) is 0 Å². The Kier molecular flexibility index (Phi) is 7.65. The normalized spacial score (nSPS) is 16.5. The molecule has 1 heterocycles. The Morgan fingerprint density at radius 2 is 2.42 bits per heavy atom. The van der Waals surface area contributed by atoms with E-state index < -0.39 is 0 Å². The summed E-state index contributed by atoms with van der Waals surface area (Å²) in [6.45, 7) is 2.45. The van der Waals surface area contributed by atoms with Crippen molar-refractivity contribution in [1.82, 2.24) is 0 Å². The minimum Gasteiger partial charge on any atom is -0.534 e. The van der Waals surface area contributed by atoms with E-state index in [0.717, 1.165) is 11.6 Å². The molecule has 5 heteroatoms. The van der Waals surface area contributed by atoms with Crippen molar-refractivity contribution < 1.29 is 21.8 Å². The first-order chi connectivity index (χ1) is 8.28.